The number of nitrogens with one attached hydrogen (secondary N) is 1. The van der Waals surface area contributed by atoms with Gasteiger partial charge in [-0.25, -0.2) is 0 Å². The third-order valence-corrected chi connectivity index (χ3v) is 6.26. The molecule has 0 amide bonds. The monoisotopic (exact) mass is 421 g/mol. The molecule has 0 spiro atoms. The van der Waals surface area contributed by atoms with E-state index in [1.807, 2.05) is 0 Å². The summed E-state index contributed by atoms with van der Waals surface area (Å²) >= 11 is 0. The topological polar surface area (TPSA) is 12.0 Å². The maximum absolute atomic E-state index is 3.54. The van der Waals surface area contributed by atoms with Crippen LogP contribution in [0.4, 0.5) is 11.4 Å². The molecule has 0 radical (unpaired) electrons. The summed E-state index contributed by atoms with van der Waals surface area (Å²) in [6, 6.07) is 47.4. The Morgan fingerprint density at radius 3 is 1.18 bits per heavy atom. The van der Waals surface area contributed by atoms with Crippen molar-refractivity contribution in [3.63, 3.8) is 0 Å². The molecule has 0 aliphatic carbocycles. The lowest BCUT2D eigenvalue weighted by atomic mass is 9.98. The molecular formula is C32H23N. The van der Waals surface area contributed by atoms with Crippen LogP contribution in [0.3, 0.4) is 0 Å². The van der Waals surface area contributed by atoms with Crippen LogP contribution >= 0.6 is 0 Å². The molecule has 0 saturated heterocycles. The lowest BCUT2D eigenvalue weighted by molar-refractivity contribution is 1.54. The highest BCUT2D eigenvalue weighted by molar-refractivity contribution is 5.97. The minimum Gasteiger partial charge on any atom is -0.356 e. The fourth-order valence-corrected chi connectivity index (χ4v) is 4.59. The lowest BCUT2D eigenvalue weighted by Gasteiger charge is -2.11. The first-order valence-electron chi connectivity index (χ1n) is 11.3. The fraction of sp³-hybridized carbons (Fsp3) is 0. The van der Waals surface area contributed by atoms with Crippen LogP contribution in [0, 0.1) is 0 Å². The summed E-state index contributed by atoms with van der Waals surface area (Å²) in [5.41, 5.74) is 7.14. The SMILES string of the molecule is c1ccc2c(-c3ccc(Nc4ccc(-c5cccc6ccccc56)cc4)cc3)cccc2c1. The van der Waals surface area contributed by atoms with Gasteiger partial charge in [0.05, 0.1) is 0 Å². The Labute approximate surface area is 194 Å². The van der Waals surface area contributed by atoms with Crippen molar-refractivity contribution >= 4 is 32.9 Å². The van der Waals surface area contributed by atoms with Gasteiger partial charge in [0.1, 0.15) is 0 Å². The molecule has 0 bridgehead atoms. The standard InChI is InChI=1S/C32H23N/c1-3-11-29-23(7-1)9-5-13-31(29)25-15-19-27(20-16-25)33-28-21-17-26(18-22-28)32-14-6-10-24-8-2-4-12-30(24)32/h1-22,33H. The van der Waals surface area contributed by atoms with E-state index in [1.165, 1.54) is 43.8 Å². The molecule has 6 rings (SSSR count). The molecule has 0 fully saturated rings. The minimum absolute atomic E-state index is 1.08. The fourth-order valence-electron chi connectivity index (χ4n) is 4.59. The molecule has 0 aliphatic rings. The lowest BCUT2D eigenvalue weighted by Crippen LogP contribution is -1.90. The van der Waals surface area contributed by atoms with Gasteiger partial charge in [0.2, 0.25) is 0 Å². The second-order valence-electron chi connectivity index (χ2n) is 8.33. The molecular weight excluding hydrogens is 398 g/mol. The predicted molar refractivity (Wildman–Crippen MR) is 142 cm³/mol. The van der Waals surface area contributed by atoms with E-state index in [9.17, 15) is 0 Å². The van der Waals surface area contributed by atoms with Gasteiger partial charge in [-0.15, -0.1) is 0 Å². The Hall–Kier alpha value is -4.36. The van der Waals surface area contributed by atoms with Crippen LogP contribution in [-0.2, 0) is 0 Å². The third kappa shape index (κ3) is 3.75. The van der Waals surface area contributed by atoms with E-state index in [-0.39, 0.29) is 0 Å². The summed E-state index contributed by atoms with van der Waals surface area (Å²) in [6.45, 7) is 0. The quantitative estimate of drug-likeness (QED) is 0.299. The molecule has 0 atom stereocenters. The van der Waals surface area contributed by atoms with Gasteiger partial charge in [-0.05, 0) is 68.1 Å². The van der Waals surface area contributed by atoms with Gasteiger partial charge in [0.15, 0.2) is 0 Å². The van der Waals surface area contributed by atoms with Gasteiger partial charge in [0, 0.05) is 11.4 Å². The van der Waals surface area contributed by atoms with Gasteiger partial charge in [0.25, 0.3) is 0 Å². The highest BCUT2D eigenvalue weighted by Gasteiger charge is 2.05. The summed E-state index contributed by atoms with van der Waals surface area (Å²) in [7, 11) is 0. The zero-order valence-electron chi connectivity index (χ0n) is 18.2. The van der Waals surface area contributed by atoms with Crippen molar-refractivity contribution in [2.24, 2.45) is 0 Å². The zero-order chi connectivity index (χ0) is 22.0. The summed E-state index contributed by atoms with van der Waals surface area (Å²) in [4.78, 5) is 0. The molecule has 6 aromatic rings. The first-order chi connectivity index (χ1) is 16.3. The van der Waals surface area contributed by atoms with Crippen molar-refractivity contribution in [3.05, 3.63) is 133 Å². The second kappa shape index (κ2) is 8.29. The zero-order valence-corrected chi connectivity index (χ0v) is 18.2. The van der Waals surface area contributed by atoms with Crippen molar-refractivity contribution in [1.29, 1.82) is 0 Å². The van der Waals surface area contributed by atoms with Crippen LogP contribution in [0.5, 0.6) is 0 Å². The van der Waals surface area contributed by atoms with Crippen LogP contribution in [0.25, 0.3) is 43.8 Å². The Balaban J connectivity index is 1.25. The maximum Gasteiger partial charge on any atom is 0.0384 e. The van der Waals surface area contributed by atoms with Gasteiger partial charge < -0.3 is 5.32 Å². The second-order valence-corrected chi connectivity index (χ2v) is 8.33. The molecule has 1 heteroatoms. The van der Waals surface area contributed by atoms with Crippen LogP contribution in [0.1, 0.15) is 0 Å². The Morgan fingerprint density at radius 1 is 0.333 bits per heavy atom. The number of rotatable bonds is 4. The van der Waals surface area contributed by atoms with E-state index in [0.717, 1.165) is 11.4 Å². The first kappa shape index (κ1) is 19.3. The molecule has 0 aliphatic heterocycles. The van der Waals surface area contributed by atoms with E-state index in [2.05, 4.69) is 139 Å². The molecule has 0 aromatic heterocycles. The number of fused-ring (bicyclic) bond motifs is 2. The molecule has 33 heavy (non-hydrogen) atoms. The minimum atomic E-state index is 1.08. The molecule has 0 unspecified atom stereocenters. The van der Waals surface area contributed by atoms with E-state index >= 15 is 0 Å². The van der Waals surface area contributed by atoms with E-state index in [4.69, 9.17) is 0 Å². The summed E-state index contributed by atoms with van der Waals surface area (Å²) in [5, 5.41) is 8.63. The normalized spacial score (nSPS) is 11.0. The van der Waals surface area contributed by atoms with Crippen LogP contribution < -0.4 is 5.32 Å². The van der Waals surface area contributed by atoms with Crippen molar-refractivity contribution < 1.29 is 0 Å². The molecule has 1 N–H and O–H groups in total. The highest BCUT2D eigenvalue weighted by atomic mass is 14.9. The molecule has 0 heterocycles. The van der Waals surface area contributed by atoms with E-state index < -0.39 is 0 Å². The molecule has 156 valence electrons. The van der Waals surface area contributed by atoms with Crippen LogP contribution in [0.15, 0.2) is 133 Å². The van der Waals surface area contributed by atoms with Crippen molar-refractivity contribution in [3.8, 4) is 22.3 Å². The summed E-state index contributed by atoms with van der Waals surface area (Å²) < 4.78 is 0. The Morgan fingerprint density at radius 2 is 0.727 bits per heavy atom. The van der Waals surface area contributed by atoms with Crippen molar-refractivity contribution in [2.45, 2.75) is 0 Å². The van der Waals surface area contributed by atoms with E-state index in [0.29, 0.717) is 0 Å². The Kier molecular flexibility index (Phi) is 4.86. The molecule has 6 aromatic carbocycles. The predicted octanol–water partition coefficient (Wildman–Crippen LogP) is 9.07. The van der Waals surface area contributed by atoms with Gasteiger partial charge in [-0.1, -0.05) is 109 Å². The molecule has 0 saturated carbocycles. The van der Waals surface area contributed by atoms with Gasteiger partial charge in [-0.3, -0.25) is 0 Å². The average Bonchev–Trinajstić information content (AvgIpc) is 2.89. The van der Waals surface area contributed by atoms with E-state index in [1.54, 1.807) is 0 Å². The number of benzene rings is 6. The smallest absolute Gasteiger partial charge is 0.0384 e. The summed E-state index contributed by atoms with van der Waals surface area (Å²) in [6.07, 6.45) is 0. The largest absolute Gasteiger partial charge is 0.356 e. The Bertz CT molecular complexity index is 1430. The van der Waals surface area contributed by atoms with Gasteiger partial charge in [-0.2, -0.15) is 0 Å². The van der Waals surface area contributed by atoms with Gasteiger partial charge >= 0.3 is 0 Å². The van der Waals surface area contributed by atoms with Crippen molar-refractivity contribution in [2.75, 3.05) is 5.32 Å². The number of hydrogen-bond donors (Lipinski definition) is 1. The number of hydrogen-bond acceptors (Lipinski definition) is 1. The van der Waals surface area contributed by atoms with Crippen LogP contribution in [-0.4, -0.2) is 0 Å². The maximum atomic E-state index is 3.54. The van der Waals surface area contributed by atoms with Crippen LogP contribution in [0.2, 0.25) is 0 Å². The summed E-state index contributed by atoms with van der Waals surface area (Å²) in [5.74, 6) is 0. The average molecular weight is 422 g/mol. The first-order valence-corrected chi connectivity index (χ1v) is 11.3. The third-order valence-electron chi connectivity index (χ3n) is 6.26. The highest BCUT2D eigenvalue weighted by Crippen LogP contribution is 2.32. The molecule has 1 nitrogen and oxygen atoms in total. The number of anilines is 2. The van der Waals surface area contributed by atoms with Crippen molar-refractivity contribution in [1.82, 2.24) is 0 Å².